The van der Waals surface area contributed by atoms with Crippen molar-refractivity contribution in [3.8, 4) is 0 Å². The summed E-state index contributed by atoms with van der Waals surface area (Å²) in [5.74, 6) is 0.833. The SMILES string of the molecule is C.CC(C)C.c1ncon1. The van der Waals surface area contributed by atoms with Gasteiger partial charge in [0.05, 0.1) is 0 Å². The van der Waals surface area contributed by atoms with Gasteiger partial charge in [0, 0.05) is 0 Å². The fourth-order valence-corrected chi connectivity index (χ4v) is 0.136. The van der Waals surface area contributed by atoms with Crippen molar-refractivity contribution in [3.63, 3.8) is 0 Å². The molecule has 0 fully saturated rings. The predicted octanol–water partition coefficient (Wildman–Crippen LogP) is 2.37. The van der Waals surface area contributed by atoms with Crippen LogP contribution in [0.4, 0.5) is 0 Å². The molecule has 0 aliphatic rings. The summed E-state index contributed by atoms with van der Waals surface area (Å²) in [7, 11) is 0. The van der Waals surface area contributed by atoms with Gasteiger partial charge in [-0.3, -0.25) is 0 Å². The summed E-state index contributed by atoms with van der Waals surface area (Å²) in [5.41, 5.74) is 0. The van der Waals surface area contributed by atoms with Gasteiger partial charge in [-0.2, -0.15) is 0 Å². The molecule has 0 bridgehead atoms. The molecule has 0 amide bonds. The molecular weight excluding hydrogens is 128 g/mol. The number of nitrogens with zero attached hydrogens (tertiary/aromatic N) is 2. The summed E-state index contributed by atoms with van der Waals surface area (Å²) >= 11 is 0. The second-order valence-electron chi connectivity index (χ2n) is 2.31. The van der Waals surface area contributed by atoms with E-state index < -0.39 is 0 Å². The Hall–Kier alpha value is -0.860. The molecule has 3 nitrogen and oxygen atoms in total. The lowest BCUT2D eigenvalue weighted by molar-refractivity contribution is 0.416. The average molecular weight is 144 g/mol. The minimum atomic E-state index is 0. The zero-order valence-electron chi connectivity index (χ0n) is 6.03. The van der Waals surface area contributed by atoms with E-state index in [2.05, 4.69) is 35.4 Å². The Labute approximate surface area is 62.5 Å². The van der Waals surface area contributed by atoms with Crippen LogP contribution in [0.2, 0.25) is 0 Å². The summed E-state index contributed by atoms with van der Waals surface area (Å²) in [6.07, 6.45) is 2.60. The molecule has 1 heterocycles. The van der Waals surface area contributed by atoms with Crippen LogP contribution in [0.15, 0.2) is 17.2 Å². The Kier molecular flexibility index (Phi) is 9.67. The Morgan fingerprint density at radius 1 is 1.30 bits per heavy atom. The number of aromatic nitrogens is 2. The van der Waals surface area contributed by atoms with Crippen molar-refractivity contribution in [2.75, 3.05) is 0 Å². The van der Waals surface area contributed by atoms with Gasteiger partial charge < -0.3 is 4.52 Å². The van der Waals surface area contributed by atoms with Crippen LogP contribution < -0.4 is 0 Å². The lowest BCUT2D eigenvalue weighted by atomic mass is 10.3. The smallest absolute Gasteiger partial charge is 0.213 e. The summed E-state index contributed by atoms with van der Waals surface area (Å²) < 4.78 is 4.22. The molecule has 1 aromatic heterocycles. The molecule has 0 spiro atoms. The highest BCUT2D eigenvalue weighted by molar-refractivity contribution is 4.35. The van der Waals surface area contributed by atoms with E-state index in [1.807, 2.05) is 0 Å². The topological polar surface area (TPSA) is 38.9 Å². The van der Waals surface area contributed by atoms with E-state index in [9.17, 15) is 0 Å². The third-order valence-electron chi connectivity index (χ3n) is 0.283. The maximum atomic E-state index is 4.22. The van der Waals surface area contributed by atoms with E-state index in [1.54, 1.807) is 0 Å². The third kappa shape index (κ3) is 15.7. The van der Waals surface area contributed by atoms with E-state index in [0.29, 0.717) is 0 Å². The van der Waals surface area contributed by atoms with Gasteiger partial charge in [0.25, 0.3) is 0 Å². The molecule has 0 aliphatic heterocycles. The molecular formula is C7H16N2O. The van der Waals surface area contributed by atoms with Crippen LogP contribution in [0, 0.1) is 5.92 Å². The Morgan fingerprint density at radius 2 is 1.80 bits per heavy atom. The summed E-state index contributed by atoms with van der Waals surface area (Å²) in [5, 5.41) is 3.24. The Bertz CT molecular complexity index is 95.2. The van der Waals surface area contributed by atoms with Crippen LogP contribution in [-0.4, -0.2) is 10.1 Å². The van der Waals surface area contributed by atoms with Gasteiger partial charge >= 0.3 is 0 Å². The molecule has 0 atom stereocenters. The number of hydrogen-bond donors (Lipinski definition) is 0. The van der Waals surface area contributed by atoms with Gasteiger partial charge in [0.1, 0.15) is 0 Å². The van der Waals surface area contributed by atoms with Crippen LogP contribution in [-0.2, 0) is 0 Å². The van der Waals surface area contributed by atoms with Crippen LogP contribution >= 0.6 is 0 Å². The highest BCUT2D eigenvalue weighted by Crippen LogP contribution is 1.81. The fraction of sp³-hybridized carbons (Fsp3) is 0.714. The summed E-state index contributed by atoms with van der Waals surface area (Å²) in [4.78, 5) is 3.44. The first-order valence-corrected chi connectivity index (χ1v) is 2.92. The zero-order valence-corrected chi connectivity index (χ0v) is 6.03. The molecule has 0 saturated carbocycles. The summed E-state index contributed by atoms with van der Waals surface area (Å²) in [6.45, 7) is 6.50. The van der Waals surface area contributed by atoms with Gasteiger partial charge in [0.2, 0.25) is 6.39 Å². The highest BCUT2D eigenvalue weighted by atomic mass is 16.5. The Balaban J connectivity index is 0. The molecule has 0 aromatic carbocycles. The standard InChI is InChI=1S/C4H10.C2H2N2O.CH4/c1-4(2)3;1-3-2-5-4-1;/h4H,1-3H3;1-2H;1H4. The number of hydrogen-bond acceptors (Lipinski definition) is 3. The van der Waals surface area contributed by atoms with Crippen LogP contribution in [0.3, 0.4) is 0 Å². The van der Waals surface area contributed by atoms with Gasteiger partial charge in [-0.15, -0.1) is 0 Å². The van der Waals surface area contributed by atoms with Gasteiger partial charge in [0.15, 0.2) is 6.33 Å². The van der Waals surface area contributed by atoms with E-state index in [0.717, 1.165) is 5.92 Å². The van der Waals surface area contributed by atoms with Crippen LogP contribution in [0.1, 0.15) is 28.2 Å². The first kappa shape index (κ1) is 11.9. The maximum Gasteiger partial charge on any atom is 0.213 e. The minimum Gasteiger partial charge on any atom is -0.343 e. The maximum absolute atomic E-state index is 4.22. The lowest BCUT2D eigenvalue weighted by Gasteiger charge is -1.79. The van der Waals surface area contributed by atoms with Crippen LogP contribution in [0.5, 0.6) is 0 Å². The van der Waals surface area contributed by atoms with E-state index >= 15 is 0 Å². The molecule has 3 heteroatoms. The molecule has 1 aromatic rings. The lowest BCUT2D eigenvalue weighted by Crippen LogP contribution is -1.66. The van der Waals surface area contributed by atoms with Gasteiger partial charge in [-0.25, -0.2) is 4.98 Å². The normalized spacial score (nSPS) is 7.60. The largest absolute Gasteiger partial charge is 0.343 e. The van der Waals surface area contributed by atoms with Gasteiger partial charge in [-0.1, -0.05) is 33.4 Å². The van der Waals surface area contributed by atoms with Crippen molar-refractivity contribution in [3.05, 3.63) is 12.7 Å². The van der Waals surface area contributed by atoms with Crippen molar-refractivity contribution in [2.45, 2.75) is 28.2 Å². The third-order valence-corrected chi connectivity index (χ3v) is 0.283. The van der Waals surface area contributed by atoms with Crippen molar-refractivity contribution in [1.29, 1.82) is 0 Å². The molecule has 0 radical (unpaired) electrons. The average Bonchev–Trinajstić information content (AvgIpc) is 2.11. The molecule has 10 heavy (non-hydrogen) atoms. The highest BCUT2D eigenvalue weighted by Gasteiger charge is 1.68. The molecule has 0 aliphatic carbocycles. The van der Waals surface area contributed by atoms with E-state index in [1.165, 1.54) is 12.7 Å². The predicted molar refractivity (Wildman–Crippen MR) is 41.5 cm³/mol. The first-order chi connectivity index (χ1) is 4.23. The molecule has 0 saturated heterocycles. The van der Waals surface area contributed by atoms with Crippen molar-refractivity contribution in [2.24, 2.45) is 5.92 Å². The van der Waals surface area contributed by atoms with Gasteiger partial charge in [-0.05, 0) is 5.92 Å². The van der Waals surface area contributed by atoms with Crippen molar-refractivity contribution < 1.29 is 4.52 Å². The summed E-state index contributed by atoms with van der Waals surface area (Å²) in [6, 6.07) is 0. The molecule has 0 N–H and O–H groups in total. The van der Waals surface area contributed by atoms with Crippen LogP contribution in [0.25, 0.3) is 0 Å². The quantitative estimate of drug-likeness (QED) is 0.561. The molecule has 1 rings (SSSR count). The second-order valence-corrected chi connectivity index (χ2v) is 2.31. The number of rotatable bonds is 0. The first-order valence-electron chi connectivity index (χ1n) is 2.92. The molecule has 0 unspecified atom stereocenters. The van der Waals surface area contributed by atoms with Crippen molar-refractivity contribution >= 4 is 0 Å². The second kappa shape index (κ2) is 8.14. The van der Waals surface area contributed by atoms with E-state index in [-0.39, 0.29) is 7.43 Å². The Morgan fingerprint density at radius 3 is 1.90 bits per heavy atom. The zero-order chi connectivity index (χ0) is 7.11. The molecule has 60 valence electrons. The van der Waals surface area contributed by atoms with Crippen molar-refractivity contribution in [1.82, 2.24) is 10.1 Å². The monoisotopic (exact) mass is 144 g/mol. The van der Waals surface area contributed by atoms with E-state index in [4.69, 9.17) is 0 Å². The minimum absolute atomic E-state index is 0. The fourth-order valence-electron chi connectivity index (χ4n) is 0.136.